The molecule has 2 nitrogen and oxygen atoms in total. The lowest BCUT2D eigenvalue weighted by molar-refractivity contribution is -0.0498. The van der Waals surface area contributed by atoms with Crippen LogP contribution in [0.2, 0.25) is 0 Å². The maximum absolute atomic E-state index is 12.1. The third kappa shape index (κ3) is 3.92. The van der Waals surface area contributed by atoms with Gasteiger partial charge in [0, 0.05) is 11.4 Å². The van der Waals surface area contributed by atoms with Crippen LogP contribution in [0.4, 0.5) is 8.78 Å². The highest BCUT2D eigenvalue weighted by Gasteiger charge is 2.17. The molecule has 1 aromatic rings. The SMILES string of the molecule is CC(Br)C(=O)c1cc(OC(F)F)ccc1CCl. The number of ether oxygens (including phenoxy) is 1. The summed E-state index contributed by atoms with van der Waals surface area (Å²) >= 11 is 8.82. The molecule has 0 aliphatic heterocycles. The van der Waals surface area contributed by atoms with Crippen molar-refractivity contribution in [1.82, 2.24) is 0 Å². The fourth-order valence-corrected chi connectivity index (χ4v) is 1.77. The van der Waals surface area contributed by atoms with Crippen molar-refractivity contribution < 1.29 is 18.3 Å². The third-order valence-electron chi connectivity index (χ3n) is 2.08. The molecule has 0 aromatic heterocycles. The van der Waals surface area contributed by atoms with Crippen LogP contribution in [-0.2, 0) is 5.88 Å². The summed E-state index contributed by atoms with van der Waals surface area (Å²) in [6, 6.07) is 4.15. The van der Waals surface area contributed by atoms with Crippen LogP contribution in [0.1, 0.15) is 22.8 Å². The smallest absolute Gasteiger partial charge is 0.387 e. The molecule has 0 N–H and O–H groups in total. The Hall–Kier alpha value is -0.680. The Morgan fingerprint density at radius 1 is 1.53 bits per heavy atom. The van der Waals surface area contributed by atoms with Gasteiger partial charge in [0.15, 0.2) is 5.78 Å². The molecule has 1 unspecified atom stereocenters. The highest BCUT2D eigenvalue weighted by molar-refractivity contribution is 9.10. The number of alkyl halides is 4. The van der Waals surface area contributed by atoms with E-state index >= 15 is 0 Å². The molecule has 1 rings (SSSR count). The molecular weight excluding hydrogens is 317 g/mol. The predicted octanol–water partition coefficient (Wildman–Crippen LogP) is 3.99. The minimum Gasteiger partial charge on any atom is -0.435 e. The molecule has 0 amide bonds. The van der Waals surface area contributed by atoms with Crippen molar-refractivity contribution in [3.05, 3.63) is 29.3 Å². The van der Waals surface area contributed by atoms with Gasteiger partial charge in [0.25, 0.3) is 0 Å². The van der Waals surface area contributed by atoms with Crippen molar-refractivity contribution in [2.45, 2.75) is 24.2 Å². The third-order valence-corrected chi connectivity index (χ3v) is 2.78. The van der Waals surface area contributed by atoms with Gasteiger partial charge in [-0.15, -0.1) is 11.6 Å². The highest BCUT2D eigenvalue weighted by Crippen LogP contribution is 2.23. The van der Waals surface area contributed by atoms with Crippen LogP contribution >= 0.6 is 27.5 Å². The van der Waals surface area contributed by atoms with Crippen molar-refractivity contribution >= 4 is 33.3 Å². The molecule has 0 saturated heterocycles. The van der Waals surface area contributed by atoms with E-state index < -0.39 is 11.4 Å². The van der Waals surface area contributed by atoms with Gasteiger partial charge >= 0.3 is 6.61 Å². The Bertz CT molecular complexity index is 410. The average Bonchev–Trinajstić information content (AvgIpc) is 2.27. The van der Waals surface area contributed by atoms with Crippen molar-refractivity contribution in [2.75, 3.05) is 0 Å². The maximum atomic E-state index is 12.1. The summed E-state index contributed by atoms with van der Waals surface area (Å²) < 4.78 is 28.3. The summed E-state index contributed by atoms with van der Waals surface area (Å²) in [5, 5.41) is 0. The van der Waals surface area contributed by atoms with Gasteiger partial charge in [-0.3, -0.25) is 4.79 Å². The standard InChI is InChI=1S/C11H10BrClF2O2/c1-6(12)10(16)9-4-8(17-11(14)15)3-2-7(9)5-13/h2-4,6,11H,5H2,1H3. The summed E-state index contributed by atoms with van der Waals surface area (Å²) in [7, 11) is 0. The minimum absolute atomic E-state index is 0.0506. The van der Waals surface area contributed by atoms with E-state index in [-0.39, 0.29) is 17.4 Å². The Morgan fingerprint density at radius 3 is 2.65 bits per heavy atom. The Kier molecular flexibility index (Phi) is 5.33. The number of hydrogen-bond acceptors (Lipinski definition) is 2. The summed E-state index contributed by atoms with van der Waals surface area (Å²) in [4.78, 5) is 11.4. The van der Waals surface area contributed by atoms with Crippen LogP contribution in [-0.4, -0.2) is 17.2 Å². The van der Waals surface area contributed by atoms with Crippen LogP contribution in [0.3, 0.4) is 0 Å². The van der Waals surface area contributed by atoms with E-state index in [0.29, 0.717) is 11.1 Å². The number of Topliss-reactive ketones (excluding diaryl/α,β-unsaturated/α-hetero) is 1. The lowest BCUT2D eigenvalue weighted by atomic mass is 10.0. The molecule has 17 heavy (non-hydrogen) atoms. The largest absolute Gasteiger partial charge is 0.435 e. The molecular formula is C11H10BrClF2O2. The van der Waals surface area contributed by atoms with Crippen LogP contribution < -0.4 is 4.74 Å². The van der Waals surface area contributed by atoms with Gasteiger partial charge in [-0.05, 0) is 24.6 Å². The van der Waals surface area contributed by atoms with Gasteiger partial charge in [-0.1, -0.05) is 22.0 Å². The normalized spacial score (nSPS) is 12.6. The first-order valence-corrected chi connectivity index (χ1v) is 6.22. The number of hydrogen-bond donors (Lipinski definition) is 0. The first-order chi connectivity index (χ1) is 7.95. The van der Waals surface area contributed by atoms with E-state index in [1.165, 1.54) is 18.2 Å². The van der Waals surface area contributed by atoms with Gasteiger partial charge in [-0.2, -0.15) is 8.78 Å². The summed E-state index contributed by atoms with van der Waals surface area (Å²) in [6.07, 6.45) is 0. The van der Waals surface area contributed by atoms with Gasteiger partial charge in [0.2, 0.25) is 0 Å². The summed E-state index contributed by atoms with van der Waals surface area (Å²) in [6.45, 7) is -1.26. The number of carbonyl (C=O) groups is 1. The van der Waals surface area contributed by atoms with Crippen molar-refractivity contribution in [3.8, 4) is 5.75 Å². The molecule has 0 radical (unpaired) electrons. The molecule has 1 aromatic carbocycles. The molecule has 0 bridgehead atoms. The van der Waals surface area contributed by atoms with E-state index in [1.807, 2.05) is 0 Å². The molecule has 0 aliphatic rings. The molecule has 6 heteroatoms. The van der Waals surface area contributed by atoms with Crippen LogP contribution in [0, 0.1) is 0 Å². The number of rotatable bonds is 5. The Labute approximate surface area is 111 Å². The first-order valence-electron chi connectivity index (χ1n) is 4.77. The van der Waals surface area contributed by atoms with Gasteiger partial charge in [0.1, 0.15) is 5.75 Å². The van der Waals surface area contributed by atoms with Gasteiger partial charge in [0.05, 0.1) is 4.83 Å². The summed E-state index contributed by atoms with van der Waals surface area (Å²) in [5.74, 6) is -0.138. The zero-order valence-corrected chi connectivity index (χ0v) is 11.3. The van der Waals surface area contributed by atoms with E-state index in [4.69, 9.17) is 11.6 Å². The quantitative estimate of drug-likeness (QED) is 0.604. The van der Waals surface area contributed by atoms with Gasteiger partial charge in [-0.25, -0.2) is 0 Å². The minimum atomic E-state index is -2.92. The fraction of sp³-hybridized carbons (Fsp3) is 0.364. The molecule has 1 atom stereocenters. The first kappa shape index (κ1) is 14.4. The number of carbonyl (C=O) groups excluding carboxylic acids is 1. The van der Waals surface area contributed by atoms with E-state index in [0.717, 1.165) is 0 Å². The molecule has 94 valence electrons. The Morgan fingerprint density at radius 2 is 2.18 bits per heavy atom. The van der Waals surface area contributed by atoms with Crippen LogP contribution in [0.15, 0.2) is 18.2 Å². The monoisotopic (exact) mass is 326 g/mol. The van der Waals surface area contributed by atoms with E-state index in [9.17, 15) is 13.6 Å². The van der Waals surface area contributed by atoms with E-state index in [1.54, 1.807) is 6.92 Å². The topological polar surface area (TPSA) is 26.3 Å². The second kappa shape index (κ2) is 6.31. The number of benzene rings is 1. The van der Waals surface area contributed by atoms with Gasteiger partial charge < -0.3 is 4.74 Å². The van der Waals surface area contributed by atoms with Crippen molar-refractivity contribution in [3.63, 3.8) is 0 Å². The molecule has 0 spiro atoms. The Balaban J connectivity index is 3.10. The van der Waals surface area contributed by atoms with Crippen molar-refractivity contribution in [2.24, 2.45) is 0 Å². The lowest BCUT2D eigenvalue weighted by Crippen LogP contribution is -2.13. The predicted molar refractivity (Wildman–Crippen MR) is 65.4 cm³/mol. The van der Waals surface area contributed by atoms with E-state index in [2.05, 4.69) is 20.7 Å². The molecule has 0 heterocycles. The molecule has 0 fully saturated rings. The highest BCUT2D eigenvalue weighted by atomic mass is 79.9. The fourth-order valence-electron chi connectivity index (χ4n) is 1.29. The second-order valence-electron chi connectivity index (χ2n) is 3.31. The molecule has 0 aliphatic carbocycles. The summed E-state index contributed by atoms with van der Waals surface area (Å²) in [5.41, 5.74) is 0.882. The van der Waals surface area contributed by atoms with Crippen LogP contribution in [0.5, 0.6) is 5.75 Å². The van der Waals surface area contributed by atoms with Crippen LogP contribution in [0.25, 0.3) is 0 Å². The number of halogens is 4. The zero-order valence-electron chi connectivity index (χ0n) is 8.92. The maximum Gasteiger partial charge on any atom is 0.387 e. The zero-order chi connectivity index (χ0) is 13.0. The lowest BCUT2D eigenvalue weighted by Gasteiger charge is -2.11. The number of ketones is 1. The van der Waals surface area contributed by atoms with Crippen molar-refractivity contribution in [1.29, 1.82) is 0 Å². The average molecular weight is 328 g/mol. The molecule has 0 saturated carbocycles. The second-order valence-corrected chi connectivity index (χ2v) is 4.95.